The molecule has 3 aliphatic carbocycles. The summed E-state index contributed by atoms with van der Waals surface area (Å²) in [4.78, 5) is 13.2. The van der Waals surface area contributed by atoms with Crippen molar-refractivity contribution in [2.75, 3.05) is 19.7 Å². The summed E-state index contributed by atoms with van der Waals surface area (Å²) >= 11 is 0. The van der Waals surface area contributed by atoms with Crippen LogP contribution in [0.3, 0.4) is 0 Å². The second kappa shape index (κ2) is 10.2. The highest BCUT2D eigenvalue weighted by atomic mass is 19.1. The molecule has 0 bridgehead atoms. The van der Waals surface area contributed by atoms with Crippen LogP contribution in [0.25, 0.3) is 11.3 Å². The van der Waals surface area contributed by atoms with E-state index in [9.17, 15) is 9.18 Å². The maximum atomic E-state index is 13.7. The van der Waals surface area contributed by atoms with Gasteiger partial charge in [0.25, 0.3) is 0 Å². The molecule has 1 atom stereocenters. The Bertz CT molecular complexity index is 1220. The number of rotatable bonds is 8. The van der Waals surface area contributed by atoms with Crippen molar-refractivity contribution in [1.29, 1.82) is 0 Å². The van der Waals surface area contributed by atoms with Crippen molar-refractivity contribution < 1.29 is 23.6 Å². The summed E-state index contributed by atoms with van der Waals surface area (Å²) in [6.07, 6.45) is 12.9. The molecule has 0 spiro atoms. The van der Waals surface area contributed by atoms with Crippen LogP contribution in [0.2, 0.25) is 0 Å². The summed E-state index contributed by atoms with van der Waals surface area (Å²) in [5.41, 5.74) is 6.86. The van der Waals surface area contributed by atoms with Crippen LogP contribution in [-0.2, 0) is 35.5 Å². The number of aliphatic carboxylic acids is 1. The van der Waals surface area contributed by atoms with E-state index in [4.69, 9.17) is 14.4 Å². The highest BCUT2D eigenvalue weighted by Crippen LogP contribution is 2.45. The number of aromatic nitrogens is 1. The number of carbonyl (C=O) groups is 1. The van der Waals surface area contributed by atoms with Gasteiger partial charge >= 0.3 is 5.97 Å². The van der Waals surface area contributed by atoms with E-state index >= 15 is 0 Å². The molecular formula is C30H35FN2O4. The molecule has 2 aromatic rings. The third-order valence-electron chi connectivity index (χ3n) is 8.73. The number of fused-ring (bicyclic) bond motifs is 3. The third-order valence-corrected chi connectivity index (χ3v) is 8.73. The topological polar surface area (TPSA) is 75.8 Å². The molecule has 1 N–H and O–H groups in total. The zero-order valence-corrected chi connectivity index (χ0v) is 21.3. The zero-order valence-electron chi connectivity index (χ0n) is 21.3. The molecule has 0 amide bonds. The van der Waals surface area contributed by atoms with E-state index in [1.54, 1.807) is 6.08 Å². The van der Waals surface area contributed by atoms with Crippen molar-refractivity contribution >= 4 is 5.97 Å². The first-order chi connectivity index (χ1) is 18.0. The van der Waals surface area contributed by atoms with Crippen LogP contribution < -0.4 is 0 Å². The number of aryl methyl sites for hydroxylation is 1. The van der Waals surface area contributed by atoms with Gasteiger partial charge in [-0.25, -0.2) is 4.39 Å². The van der Waals surface area contributed by atoms with Gasteiger partial charge in [-0.05, 0) is 42.4 Å². The number of carboxylic acid groups (broad SMARTS) is 1. The Morgan fingerprint density at radius 3 is 2.81 bits per heavy atom. The van der Waals surface area contributed by atoms with Gasteiger partial charge in [0.15, 0.2) is 5.76 Å². The number of nitrogens with zero attached hydrogens (tertiary/aromatic N) is 2. The molecule has 6 rings (SSSR count). The van der Waals surface area contributed by atoms with Crippen molar-refractivity contribution in [2.24, 2.45) is 11.3 Å². The lowest BCUT2D eigenvalue weighted by Gasteiger charge is -2.39. The van der Waals surface area contributed by atoms with Gasteiger partial charge in [0, 0.05) is 42.6 Å². The molecule has 1 saturated heterocycles. The Balaban J connectivity index is 1.11. The van der Waals surface area contributed by atoms with Gasteiger partial charge < -0.3 is 14.4 Å². The highest BCUT2D eigenvalue weighted by Gasteiger charge is 2.36. The number of ether oxygens (including phenoxy) is 1. The van der Waals surface area contributed by atoms with Gasteiger partial charge in [-0.3, -0.25) is 9.69 Å². The molecule has 196 valence electrons. The SMILES string of the molecule is O=C(O)C1CN(Cc2ccc3c(c2)CCc2c-3noc2COCC2(C3=CCC(F)C=C3)CCCCC2)C1. The van der Waals surface area contributed by atoms with Crippen LogP contribution in [0, 0.1) is 11.3 Å². The number of carboxylic acids is 1. The van der Waals surface area contributed by atoms with Gasteiger partial charge in [0.1, 0.15) is 18.5 Å². The fraction of sp³-hybridized carbons (Fsp3) is 0.533. The predicted molar refractivity (Wildman–Crippen MR) is 138 cm³/mol. The monoisotopic (exact) mass is 506 g/mol. The lowest BCUT2D eigenvalue weighted by molar-refractivity contribution is -0.147. The fourth-order valence-corrected chi connectivity index (χ4v) is 6.55. The summed E-state index contributed by atoms with van der Waals surface area (Å²) in [6.45, 7) is 3.04. The molecule has 2 fully saturated rings. The summed E-state index contributed by atoms with van der Waals surface area (Å²) in [5.74, 6) is -0.123. The Kier molecular flexibility index (Phi) is 6.76. The summed E-state index contributed by atoms with van der Waals surface area (Å²) in [5, 5.41) is 13.5. The van der Waals surface area contributed by atoms with E-state index in [1.165, 1.54) is 36.0 Å². The van der Waals surface area contributed by atoms with E-state index in [1.807, 2.05) is 6.08 Å². The molecule has 4 aliphatic rings. The number of halogens is 1. The van der Waals surface area contributed by atoms with Crippen molar-refractivity contribution in [2.45, 2.75) is 70.7 Å². The molecule has 1 aromatic carbocycles. The summed E-state index contributed by atoms with van der Waals surface area (Å²) in [6, 6.07) is 6.48. The normalized spacial score (nSPS) is 23.2. The molecule has 6 nitrogen and oxygen atoms in total. The maximum absolute atomic E-state index is 13.7. The fourth-order valence-electron chi connectivity index (χ4n) is 6.55. The average Bonchev–Trinajstić information content (AvgIpc) is 3.30. The number of allylic oxidation sites excluding steroid dienone is 3. The first kappa shape index (κ1) is 24.6. The number of alkyl halides is 1. The number of likely N-dealkylation sites (tertiary alicyclic amines) is 1. The van der Waals surface area contributed by atoms with Crippen LogP contribution >= 0.6 is 0 Å². The second-order valence-electron chi connectivity index (χ2n) is 11.3. The van der Waals surface area contributed by atoms with Crippen LogP contribution in [0.1, 0.15) is 61.0 Å². The number of benzene rings is 1. The Labute approximate surface area is 217 Å². The minimum Gasteiger partial charge on any atom is -0.481 e. The zero-order chi connectivity index (χ0) is 25.4. The van der Waals surface area contributed by atoms with Crippen molar-refractivity contribution in [3.63, 3.8) is 0 Å². The largest absolute Gasteiger partial charge is 0.481 e. The van der Waals surface area contributed by atoms with Gasteiger partial charge in [0.2, 0.25) is 0 Å². The Morgan fingerprint density at radius 2 is 2.05 bits per heavy atom. The number of hydrogen-bond donors (Lipinski definition) is 1. The van der Waals surface area contributed by atoms with E-state index in [0.29, 0.717) is 32.7 Å². The molecule has 2 heterocycles. The smallest absolute Gasteiger partial charge is 0.309 e. The summed E-state index contributed by atoms with van der Waals surface area (Å²) < 4.78 is 25.8. The van der Waals surface area contributed by atoms with Crippen LogP contribution in [0.5, 0.6) is 0 Å². The second-order valence-corrected chi connectivity index (χ2v) is 11.3. The maximum Gasteiger partial charge on any atom is 0.309 e. The lowest BCUT2D eigenvalue weighted by Crippen LogP contribution is -2.49. The molecule has 37 heavy (non-hydrogen) atoms. The lowest BCUT2D eigenvalue weighted by atomic mass is 9.68. The quantitative estimate of drug-likeness (QED) is 0.499. The predicted octanol–water partition coefficient (Wildman–Crippen LogP) is 5.65. The first-order valence-corrected chi connectivity index (χ1v) is 13.7. The van der Waals surface area contributed by atoms with Gasteiger partial charge in [0.05, 0.1) is 12.5 Å². The van der Waals surface area contributed by atoms with Crippen molar-refractivity contribution in [3.05, 3.63) is 64.5 Å². The molecular weight excluding hydrogens is 471 g/mol. The van der Waals surface area contributed by atoms with E-state index in [2.05, 4.69) is 34.3 Å². The van der Waals surface area contributed by atoms with Crippen LogP contribution in [0.15, 0.2) is 46.5 Å². The average molecular weight is 507 g/mol. The molecule has 1 unspecified atom stereocenters. The minimum atomic E-state index is -0.870. The Hall–Kier alpha value is -2.77. The molecule has 0 radical (unpaired) electrons. The van der Waals surface area contributed by atoms with E-state index < -0.39 is 12.1 Å². The first-order valence-electron chi connectivity index (χ1n) is 13.7. The minimum absolute atomic E-state index is 0.0289. The van der Waals surface area contributed by atoms with Crippen molar-refractivity contribution in [3.8, 4) is 11.3 Å². The Morgan fingerprint density at radius 1 is 1.22 bits per heavy atom. The van der Waals surface area contributed by atoms with Crippen LogP contribution in [0.4, 0.5) is 4.39 Å². The van der Waals surface area contributed by atoms with Gasteiger partial charge in [-0.2, -0.15) is 0 Å². The van der Waals surface area contributed by atoms with E-state index in [0.717, 1.165) is 54.8 Å². The highest BCUT2D eigenvalue weighted by molar-refractivity contribution is 5.72. The van der Waals surface area contributed by atoms with Crippen molar-refractivity contribution in [1.82, 2.24) is 10.1 Å². The molecule has 7 heteroatoms. The standard InChI is InChI=1S/C30H35FN2O4/c31-24-8-6-23(7-9-24)30(12-2-1-3-13-30)19-36-18-27-26-11-5-21-14-20(4-10-25(21)28(26)32-37-27)15-33-16-22(17-33)29(34)35/h4,6-8,10,14,22,24H,1-3,5,9,11-13,15-19H2,(H,34,35). The van der Waals surface area contributed by atoms with Gasteiger partial charge in [-0.1, -0.05) is 60.8 Å². The molecule has 1 aliphatic heterocycles. The number of hydrogen-bond acceptors (Lipinski definition) is 5. The summed E-state index contributed by atoms with van der Waals surface area (Å²) in [7, 11) is 0. The van der Waals surface area contributed by atoms with E-state index in [-0.39, 0.29) is 11.3 Å². The molecule has 1 saturated carbocycles. The van der Waals surface area contributed by atoms with Crippen LogP contribution in [-0.4, -0.2) is 47.0 Å². The van der Waals surface area contributed by atoms with Gasteiger partial charge in [-0.15, -0.1) is 0 Å². The third kappa shape index (κ3) is 4.91. The molecule has 1 aromatic heterocycles.